The van der Waals surface area contributed by atoms with Crippen LogP contribution in [0.1, 0.15) is 282 Å². The van der Waals surface area contributed by atoms with Crippen LogP contribution in [0.15, 0.2) is 151 Å². The van der Waals surface area contributed by atoms with Gasteiger partial charge in [0.15, 0.2) is 18.0 Å². The van der Waals surface area contributed by atoms with Crippen LogP contribution in [0.5, 0.6) is 0 Å². The number of halogens is 5. The number of nitrogens with zero attached hydrogens (tertiary/aromatic N) is 2. The summed E-state index contributed by atoms with van der Waals surface area (Å²) < 4.78 is 62.9. The minimum absolute atomic E-state index is 0.0648. The summed E-state index contributed by atoms with van der Waals surface area (Å²) in [6, 6.07) is 44.5. The number of hydrogen-bond acceptors (Lipinski definition) is 21. The Morgan fingerprint density at radius 1 is 0.479 bits per heavy atom. The van der Waals surface area contributed by atoms with E-state index in [0.717, 1.165) is 153 Å². The molecule has 1 aliphatic carbocycles. The molecule has 10 aromatic rings. The van der Waals surface area contributed by atoms with Gasteiger partial charge in [0.25, 0.3) is 0 Å². The monoisotopic (exact) mass is 2330 g/mol. The summed E-state index contributed by atoms with van der Waals surface area (Å²) in [6.45, 7) is 56.0. The van der Waals surface area contributed by atoms with Gasteiger partial charge in [-0.25, -0.2) is 9.59 Å². The lowest BCUT2D eigenvalue weighted by atomic mass is 9.49. The minimum atomic E-state index is -1.12. The van der Waals surface area contributed by atoms with E-state index in [4.69, 9.17) is 58.0 Å². The lowest BCUT2D eigenvalue weighted by molar-refractivity contribution is -0.164. The fourth-order valence-corrected chi connectivity index (χ4v) is 20.1. The molecule has 9 heterocycles. The highest BCUT2D eigenvalue weighted by Crippen LogP contribution is 2.47. The topological polar surface area (TPSA) is 306 Å². The smallest absolute Gasteiger partial charge is 0.481 e. The van der Waals surface area contributed by atoms with Crippen molar-refractivity contribution in [3.05, 3.63) is 244 Å². The molecule has 144 heavy (non-hydrogen) atoms. The first-order valence-corrected chi connectivity index (χ1v) is 53.9. The number of rotatable bonds is 13. The largest absolute Gasteiger partial charge is 0.495 e. The zero-order valence-corrected chi connectivity index (χ0v) is 97.5. The molecule has 23 nitrogen and oxygen atoms in total. The van der Waals surface area contributed by atoms with Crippen LogP contribution in [-0.4, -0.2) is 149 Å². The second kappa shape index (κ2) is 50.0. The number of nitrogen functional groups attached to an aromatic ring is 1. The zero-order valence-electron chi connectivity index (χ0n) is 89.0. The van der Waals surface area contributed by atoms with Crippen molar-refractivity contribution in [1.29, 1.82) is 0 Å². The maximum Gasteiger partial charge on any atom is 0.495 e. The number of ether oxygens (including phenoxy) is 4. The van der Waals surface area contributed by atoms with Crippen LogP contribution in [0.4, 0.5) is 22.7 Å². The second-order valence-corrected chi connectivity index (χ2v) is 46.9. The Kier molecular flexibility index (Phi) is 40.9. The normalized spacial score (nSPS) is 17.4. The van der Waals surface area contributed by atoms with Gasteiger partial charge in [-0.2, -0.15) is 0 Å². The molecule has 4 fully saturated rings. The number of para-hydroxylation sites is 2. The third-order valence-electron chi connectivity index (χ3n) is 28.0. The van der Waals surface area contributed by atoms with E-state index < -0.39 is 55.3 Å². The standard InChI is InChI=1S/C26H30N2O3.C17H20INO3.C16H24BNO2.C12H24B2O4.C11H13BrO2.C11H11BrO.C10H12BrN.C7H8BrN.C3H4O2/c1-15-18(13-12-17-9-8-14-27-23(15)17)22-19-10-6-7-11-20(19)28-16(2)21(22)24(25(29)30)31-26(3,4)5;1-10-13(15(16(20)21-5)22-17(2,3)4)14(18)11-8-6-7-9-12(11)19-10;1-11-13(9-8-12-7-6-10-18-14(11)12)17-19-15(2,3)16(4,5)20-17;1-9(2)10(3,4)16-13(15-9)14-17-11(5,6)12(7,8)18-14;1-8-9(4-2-6-10(8)12)5-3-7-11(13)14;1-7-8-3-2-4-11(13)9(8)5-6-10(7)12;1-7-9(11)5-4-8-3-2-6-12-10(7)8;1-5-6(8)3-2-4-7(5)9;4-3-1-2-5-3/h6-7,10-13,24,27H,8-9,14H2,1-5H3,(H,29,30);6-9,15H,1-5H3;8-9,18H,6-7,10H2,1-5H3;1-8H3;2,4,6H,3,5,7H2,1H3,(H,13,14);5-6H,2-4H2,1H3;4-5,12H,2-3,6H2,1H3;2-4H,9H2,1H3;1-2H2/t24-;15-;;;;;;;/m00......./s1. The molecular weight excluding hydrogens is 2190 g/mol. The van der Waals surface area contributed by atoms with Crippen LogP contribution in [-0.2, 0) is 98.2 Å². The predicted octanol–water partition coefficient (Wildman–Crippen LogP) is 26.7. The van der Waals surface area contributed by atoms with Gasteiger partial charge >= 0.3 is 45.0 Å². The molecule has 774 valence electrons. The maximum absolute atomic E-state index is 12.4. The molecule has 31 heteroatoms. The van der Waals surface area contributed by atoms with Crippen molar-refractivity contribution < 1.29 is 81.1 Å². The Balaban J connectivity index is 0.000000172. The Labute approximate surface area is 901 Å². The molecule has 2 atom stereocenters. The van der Waals surface area contributed by atoms with Crippen molar-refractivity contribution >= 4 is 187 Å². The highest BCUT2D eigenvalue weighted by atomic mass is 127. The Bertz CT molecular complexity index is 6170. The molecule has 0 spiro atoms. The number of carboxylic acids is 2. The van der Waals surface area contributed by atoms with Gasteiger partial charge in [-0.1, -0.05) is 149 Å². The first kappa shape index (κ1) is 118. The molecule has 7 N–H and O–H groups in total. The average molecular weight is 2340 g/mol. The number of nitrogens with one attached hydrogen (secondary N) is 3. The number of benzene rings is 8. The molecule has 0 amide bonds. The first-order valence-electron chi connectivity index (χ1n) is 49.7. The average Bonchev–Trinajstić information content (AvgIpc) is 1.39. The van der Waals surface area contributed by atoms with Crippen LogP contribution in [0.2, 0.25) is 0 Å². The summed E-state index contributed by atoms with van der Waals surface area (Å²) >= 11 is 16.1. The van der Waals surface area contributed by atoms with Gasteiger partial charge in [-0.3, -0.25) is 24.4 Å². The Morgan fingerprint density at radius 3 is 1.38 bits per heavy atom. The van der Waals surface area contributed by atoms with Crippen LogP contribution < -0.4 is 27.1 Å². The number of carbonyl (C=O) groups excluding carboxylic acids is 3. The van der Waals surface area contributed by atoms with Crippen molar-refractivity contribution in [2.45, 2.75) is 321 Å². The molecule has 0 unspecified atom stereocenters. The zero-order chi connectivity index (χ0) is 106. The number of hydrogen-bond donors (Lipinski definition) is 6. The lowest BCUT2D eigenvalue weighted by Gasteiger charge is -2.32. The SMILES string of the molecule is CC1(C)OB(B2OC(C)(C)C(C)(C)O2)OC1(C)C.COC(=O)[C@@H](OC(C)(C)C)c1c(C)nc2ccccc2c1I.Cc1c(B2OC(C)(C)C(C)(C)O2)ccc2c1NCCC2.Cc1c(Br)ccc2c1CCCC2=O.Cc1c(Br)ccc2c1NCCC2.Cc1c(Br)cccc1CCCC(=O)O.Cc1c(N)cccc1Br.Cc1nc2ccccc2c(-c2ccc3c(c2C)NCCC3)c1[C@H](OC(C)(C)C)C(=O)O.O=C1CCO1. The highest BCUT2D eigenvalue weighted by Gasteiger charge is 2.64. The van der Waals surface area contributed by atoms with Crippen LogP contribution >= 0.6 is 86.3 Å². The molecule has 0 bridgehead atoms. The van der Waals surface area contributed by atoms with E-state index in [0.29, 0.717) is 42.9 Å². The van der Waals surface area contributed by atoms with Gasteiger partial charge in [0.1, 0.15) is 6.61 Å². The van der Waals surface area contributed by atoms with Crippen molar-refractivity contribution in [1.82, 2.24) is 9.97 Å². The summed E-state index contributed by atoms with van der Waals surface area (Å²) in [4.78, 5) is 65.6. The molecule has 18 rings (SSSR count). The van der Waals surface area contributed by atoms with Gasteiger partial charge in [-0.05, 0) is 393 Å². The minimum Gasteiger partial charge on any atom is -0.481 e. The van der Waals surface area contributed by atoms with Crippen molar-refractivity contribution in [3.63, 3.8) is 0 Å². The van der Waals surface area contributed by atoms with Crippen molar-refractivity contribution in [2.24, 2.45) is 0 Å². The quantitative estimate of drug-likeness (QED) is 0.0270. The number of aryl methyl sites for hydroxylation is 6. The van der Waals surface area contributed by atoms with Gasteiger partial charge in [-0.15, -0.1) is 0 Å². The third-order valence-corrected chi connectivity index (χ3v) is 32.6. The van der Waals surface area contributed by atoms with E-state index in [1.165, 1.54) is 92.3 Å². The summed E-state index contributed by atoms with van der Waals surface area (Å²) in [5.74, 6) is -1.90. The molecule has 2 aromatic heterocycles. The number of carboxylic acid groups (broad SMARTS) is 2. The van der Waals surface area contributed by atoms with E-state index in [-0.39, 0.29) is 53.1 Å². The van der Waals surface area contributed by atoms with Gasteiger partial charge in [0, 0.05) is 116 Å². The highest BCUT2D eigenvalue weighted by molar-refractivity contribution is 14.1. The number of aliphatic carboxylic acids is 2. The van der Waals surface area contributed by atoms with Crippen molar-refractivity contribution in [3.8, 4) is 11.1 Å². The number of nitrogens with two attached hydrogens (primary N) is 1. The molecule has 0 saturated carbocycles. The summed E-state index contributed by atoms with van der Waals surface area (Å²) in [5, 5.41) is 31.1. The molecule has 8 aromatic carbocycles. The van der Waals surface area contributed by atoms with E-state index in [2.05, 4.69) is 204 Å². The van der Waals surface area contributed by atoms with Crippen LogP contribution in [0.3, 0.4) is 0 Å². The van der Waals surface area contributed by atoms with Crippen LogP contribution in [0, 0.1) is 59.0 Å². The number of pyridine rings is 2. The molecule has 8 aliphatic rings. The van der Waals surface area contributed by atoms with E-state index in [1.54, 1.807) is 0 Å². The number of anilines is 4. The number of cyclic esters (lactones) is 1. The lowest BCUT2D eigenvalue weighted by Crippen LogP contribution is -2.41. The fourth-order valence-electron chi connectivity index (χ4n) is 17.5. The summed E-state index contributed by atoms with van der Waals surface area (Å²) in [7, 11) is 0.152. The second-order valence-electron chi connectivity index (χ2n) is 42.4. The van der Waals surface area contributed by atoms with E-state index >= 15 is 0 Å². The van der Waals surface area contributed by atoms with E-state index in [9.17, 15) is 29.1 Å². The number of aromatic nitrogens is 2. The van der Waals surface area contributed by atoms with Crippen LogP contribution in [0.25, 0.3) is 32.9 Å². The summed E-state index contributed by atoms with van der Waals surface area (Å²) in [5.41, 5.74) is 29.7. The third kappa shape index (κ3) is 29.7. The van der Waals surface area contributed by atoms with Gasteiger partial charge < -0.3 is 78.8 Å². The number of carbonyl (C=O) groups is 5. The number of esters is 2. The van der Waals surface area contributed by atoms with Gasteiger partial charge in [0.2, 0.25) is 0 Å². The molecule has 4 saturated heterocycles. The first-order chi connectivity index (χ1) is 67.3. The van der Waals surface area contributed by atoms with E-state index in [1.807, 2.05) is 222 Å². The predicted molar refractivity (Wildman–Crippen MR) is 605 cm³/mol. The Hall–Kier alpha value is -8.15. The number of Topliss-reactive ketones (excluding diaryl/α,β-unsaturated/α-hetero) is 1. The van der Waals surface area contributed by atoms with Crippen molar-refractivity contribution in [2.75, 3.05) is 55.0 Å². The number of ketones is 1. The number of fused-ring (bicyclic) bond motifs is 6. The summed E-state index contributed by atoms with van der Waals surface area (Å²) in [6.07, 6.45) is 10.3. The molecule has 0 radical (unpaired) electrons. The number of methoxy groups -OCH3 is 1. The Morgan fingerprint density at radius 2 is 0.903 bits per heavy atom. The fraction of sp³-hybridized carbons (Fsp3) is 0.478. The molecule has 7 aliphatic heterocycles. The molecular formula is C113H146B3Br4IN6O17. The maximum atomic E-state index is 12.4. The van der Waals surface area contributed by atoms with Gasteiger partial charge in [0.05, 0.1) is 69.4 Å².